The summed E-state index contributed by atoms with van der Waals surface area (Å²) in [4.78, 5) is 11.2. The van der Waals surface area contributed by atoms with Crippen LogP contribution in [0.3, 0.4) is 0 Å². The van der Waals surface area contributed by atoms with Gasteiger partial charge in [-0.1, -0.05) is 6.42 Å². The predicted molar refractivity (Wildman–Crippen MR) is 51.1 cm³/mol. The fourth-order valence-electron chi connectivity index (χ4n) is 1.63. The molecule has 0 saturated heterocycles. The zero-order chi connectivity index (χ0) is 11.5. The van der Waals surface area contributed by atoms with Crippen molar-refractivity contribution in [1.29, 1.82) is 0 Å². The number of carbonyl (C=O) groups excluding carboxylic acids is 1. The molecule has 2 nitrogen and oxygen atoms in total. The monoisotopic (exact) mass is 260 g/mol. The second kappa shape index (κ2) is 7.21. The summed E-state index contributed by atoms with van der Waals surface area (Å²) in [6, 6.07) is 0. The van der Waals surface area contributed by atoms with Crippen LogP contribution in [0, 0.1) is 5.92 Å². The summed E-state index contributed by atoms with van der Waals surface area (Å²) in [5.74, 6) is -0.783. The molecule has 1 rings (SSSR count). The molecule has 86 valence electrons. The molecular weight excluding hydrogens is 247 g/mol. The Morgan fingerprint density at radius 2 is 2.19 bits per heavy atom. The third-order valence-electron chi connectivity index (χ3n) is 2.49. The maximum absolute atomic E-state index is 12.3. The molecule has 0 aliphatic heterocycles. The van der Waals surface area contributed by atoms with Gasteiger partial charge in [0.2, 0.25) is 0 Å². The van der Waals surface area contributed by atoms with Gasteiger partial charge in [0.25, 0.3) is 0 Å². The summed E-state index contributed by atoms with van der Waals surface area (Å²) < 4.78 is 41.6. The first-order chi connectivity index (χ1) is 6.95. The number of rotatable bonds is 3. The van der Waals surface area contributed by atoms with E-state index in [1.807, 2.05) is 0 Å². The Balaban J connectivity index is 0.00000225. The number of carbonyl (C=O) groups is 1. The number of esters is 1. The zero-order valence-electron chi connectivity index (χ0n) is 9.51. The van der Waals surface area contributed by atoms with E-state index in [2.05, 4.69) is 0 Å². The number of hydrogen-bond acceptors (Lipinski definition) is 2. The molecule has 0 bridgehead atoms. The molecule has 0 spiro atoms. The van der Waals surface area contributed by atoms with Crippen molar-refractivity contribution in [2.45, 2.75) is 26.2 Å². The van der Waals surface area contributed by atoms with E-state index in [0.717, 1.165) is 6.08 Å². The van der Waals surface area contributed by atoms with E-state index in [1.54, 1.807) is 6.92 Å². The second-order valence-corrected chi connectivity index (χ2v) is 3.58. The van der Waals surface area contributed by atoms with Gasteiger partial charge in [0.15, 0.2) is 0 Å². The minimum Gasteiger partial charge on any atom is -0.466 e. The molecule has 0 radical (unpaired) electrons. The molecule has 0 aromatic carbocycles. The SMILES string of the molecule is CCOC(=O)C1CC=C([B-](F)(F)F)CC1.[K+]. The van der Waals surface area contributed by atoms with Crippen LogP contribution in [-0.4, -0.2) is 19.6 Å². The molecule has 0 heterocycles. The van der Waals surface area contributed by atoms with Gasteiger partial charge in [0.05, 0.1) is 12.5 Å². The van der Waals surface area contributed by atoms with Gasteiger partial charge in [-0.2, -0.15) is 0 Å². The Kier molecular flexibility index (Phi) is 7.52. The average molecular weight is 260 g/mol. The standard InChI is InChI=1S/C9H13BF3O2.K/c1-2-15-9(14)7-3-5-8(6-4-7)10(11,12)13;/h5,7H,2-4,6H2,1H3;/q-1;+1. The summed E-state index contributed by atoms with van der Waals surface area (Å²) in [5, 5.41) is 0. The first-order valence-corrected chi connectivity index (χ1v) is 5.00. The molecule has 0 amide bonds. The normalized spacial score (nSPS) is 20.8. The molecule has 0 saturated carbocycles. The maximum Gasteiger partial charge on any atom is 1.00 e. The van der Waals surface area contributed by atoms with Crippen molar-refractivity contribution in [2.75, 3.05) is 6.61 Å². The minimum absolute atomic E-state index is 0. The van der Waals surface area contributed by atoms with Crippen LogP contribution in [0.4, 0.5) is 12.9 Å². The van der Waals surface area contributed by atoms with Gasteiger partial charge in [0, 0.05) is 0 Å². The van der Waals surface area contributed by atoms with Gasteiger partial charge in [-0.05, 0) is 19.8 Å². The van der Waals surface area contributed by atoms with E-state index < -0.39 is 18.4 Å². The van der Waals surface area contributed by atoms with E-state index in [-0.39, 0.29) is 83.2 Å². The van der Waals surface area contributed by atoms with Gasteiger partial charge in [-0.15, -0.1) is 11.5 Å². The summed E-state index contributed by atoms with van der Waals surface area (Å²) >= 11 is 0. The largest absolute Gasteiger partial charge is 1.00 e. The van der Waals surface area contributed by atoms with E-state index in [9.17, 15) is 17.7 Å². The van der Waals surface area contributed by atoms with Crippen LogP contribution in [0.5, 0.6) is 0 Å². The summed E-state index contributed by atoms with van der Waals surface area (Å²) in [7, 11) is 0. The van der Waals surface area contributed by atoms with Crippen LogP contribution in [-0.2, 0) is 9.53 Å². The molecule has 1 aliphatic carbocycles. The Labute approximate surface area is 135 Å². The zero-order valence-corrected chi connectivity index (χ0v) is 12.6. The molecule has 0 aromatic rings. The van der Waals surface area contributed by atoms with Gasteiger partial charge < -0.3 is 17.7 Å². The Morgan fingerprint density at radius 1 is 1.56 bits per heavy atom. The van der Waals surface area contributed by atoms with Crippen LogP contribution in [0.1, 0.15) is 26.2 Å². The first-order valence-electron chi connectivity index (χ1n) is 5.00. The van der Waals surface area contributed by atoms with Crippen LogP contribution in [0.2, 0.25) is 0 Å². The van der Waals surface area contributed by atoms with Crippen molar-refractivity contribution >= 4 is 12.9 Å². The Hall–Kier alpha value is 0.701. The minimum atomic E-state index is -4.87. The average Bonchev–Trinajstić information content (AvgIpc) is 2.17. The number of hydrogen-bond donors (Lipinski definition) is 0. The number of halogens is 3. The summed E-state index contributed by atoms with van der Waals surface area (Å²) in [6.45, 7) is -2.92. The van der Waals surface area contributed by atoms with E-state index >= 15 is 0 Å². The molecule has 0 N–H and O–H groups in total. The molecule has 1 atom stereocenters. The predicted octanol–water partition coefficient (Wildman–Crippen LogP) is -0.333. The molecule has 7 heteroatoms. The third kappa shape index (κ3) is 4.91. The molecule has 0 fully saturated rings. The maximum atomic E-state index is 12.3. The smallest absolute Gasteiger partial charge is 0.466 e. The fourth-order valence-corrected chi connectivity index (χ4v) is 1.63. The van der Waals surface area contributed by atoms with Crippen LogP contribution in [0.25, 0.3) is 0 Å². The molecule has 0 aromatic heterocycles. The Bertz CT molecular complexity index is 278. The van der Waals surface area contributed by atoms with Gasteiger partial charge >= 0.3 is 64.3 Å². The van der Waals surface area contributed by atoms with Gasteiger partial charge in [0.1, 0.15) is 0 Å². The van der Waals surface area contributed by atoms with Crippen molar-refractivity contribution in [3.05, 3.63) is 11.5 Å². The third-order valence-corrected chi connectivity index (χ3v) is 2.49. The number of ether oxygens (including phenoxy) is 1. The molecule has 16 heavy (non-hydrogen) atoms. The van der Waals surface area contributed by atoms with Crippen molar-refractivity contribution in [3.63, 3.8) is 0 Å². The van der Waals surface area contributed by atoms with Crippen LogP contribution in [0.15, 0.2) is 11.5 Å². The van der Waals surface area contributed by atoms with Gasteiger partial charge in [-0.25, -0.2) is 0 Å². The number of allylic oxidation sites excluding steroid dienone is 2. The van der Waals surface area contributed by atoms with Crippen LogP contribution >= 0.6 is 0 Å². The topological polar surface area (TPSA) is 26.3 Å². The van der Waals surface area contributed by atoms with Gasteiger partial charge in [-0.3, -0.25) is 4.79 Å². The van der Waals surface area contributed by atoms with Crippen molar-refractivity contribution in [2.24, 2.45) is 5.92 Å². The molecule has 1 aliphatic rings. The van der Waals surface area contributed by atoms with E-state index in [1.165, 1.54) is 0 Å². The fraction of sp³-hybridized carbons (Fsp3) is 0.667. The van der Waals surface area contributed by atoms with Crippen molar-refractivity contribution in [3.8, 4) is 0 Å². The van der Waals surface area contributed by atoms with Crippen LogP contribution < -0.4 is 51.4 Å². The van der Waals surface area contributed by atoms with Crippen molar-refractivity contribution in [1.82, 2.24) is 0 Å². The summed E-state index contributed by atoms with van der Waals surface area (Å²) in [5.41, 5.74) is -0.462. The molecule has 1 unspecified atom stereocenters. The molecular formula is C9H13BF3KO2. The van der Waals surface area contributed by atoms with E-state index in [0.29, 0.717) is 0 Å². The first kappa shape index (κ1) is 16.7. The summed E-state index contributed by atoms with van der Waals surface area (Å²) in [6.07, 6.45) is 1.46. The quantitative estimate of drug-likeness (QED) is 0.513. The second-order valence-electron chi connectivity index (χ2n) is 3.58. The Morgan fingerprint density at radius 3 is 2.56 bits per heavy atom. The van der Waals surface area contributed by atoms with Crippen molar-refractivity contribution < 1.29 is 73.9 Å². The van der Waals surface area contributed by atoms with E-state index in [4.69, 9.17) is 4.74 Å².